The lowest BCUT2D eigenvalue weighted by Gasteiger charge is -2.38. The summed E-state index contributed by atoms with van der Waals surface area (Å²) in [6.07, 6.45) is 10.1. The van der Waals surface area contributed by atoms with Gasteiger partial charge in [0, 0.05) is 0 Å². The van der Waals surface area contributed by atoms with Crippen LogP contribution in [0.5, 0.6) is 0 Å². The Balaban J connectivity index is 4.22. The highest BCUT2D eigenvalue weighted by Crippen LogP contribution is 2.14. The molecule has 0 aliphatic heterocycles. The quantitative estimate of drug-likeness (QED) is 0.378. The average molecular weight is 274 g/mol. The van der Waals surface area contributed by atoms with Gasteiger partial charge >= 0.3 is 0 Å². The predicted molar refractivity (Wildman–Crippen MR) is 82.2 cm³/mol. The summed E-state index contributed by atoms with van der Waals surface area (Å²) in [5.41, 5.74) is 0. The maximum Gasteiger partial charge on any atom is 0.102 e. The highest BCUT2D eigenvalue weighted by atomic mass is 16.3. The third kappa shape index (κ3) is 9.42. The van der Waals surface area contributed by atoms with Gasteiger partial charge in [-0.05, 0) is 25.7 Å². The second kappa shape index (κ2) is 12.9. The number of quaternary nitrogens is 1. The van der Waals surface area contributed by atoms with Crippen molar-refractivity contribution in [2.24, 2.45) is 0 Å². The monoisotopic (exact) mass is 274 g/mol. The van der Waals surface area contributed by atoms with E-state index in [-0.39, 0.29) is 13.2 Å². The lowest BCUT2D eigenvalue weighted by Crippen LogP contribution is -2.52. The van der Waals surface area contributed by atoms with E-state index in [9.17, 15) is 10.2 Å². The van der Waals surface area contributed by atoms with Gasteiger partial charge in [-0.2, -0.15) is 0 Å². The molecule has 0 spiro atoms. The van der Waals surface area contributed by atoms with Crippen LogP contribution in [0.15, 0.2) is 0 Å². The molecule has 0 saturated heterocycles. The summed E-state index contributed by atoms with van der Waals surface area (Å²) in [7, 11) is 0. The van der Waals surface area contributed by atoms with Gasteiger partial charge in [-0.25, -0.2) is 0 Å². The second-order valence-corrected chi connectivity index (χ2v) is 5.80. The minimum Gasteiger partial charge on any atom is -0.391 e. The van der Waals surface area contributed by atoms with Crippen molar-refractivity contribution in [1.82, 2.24) is 0 Å². The zero-order valence-electron chi connectivity index (χ0n) is 13.2. The summed E-state index contributed by atoms with van der Waals surface area (Å²) in [5, 5.41) is 18.7. The van der Waals surface area contributed by atoms with E-state index in [2.05, 4.69) is 13.8 Å². The van der Waals surface area contributed by atoms with Gasteiger partial charge in [0.05, 0.1) is 26.3 Å². The summed E-state index contributed by atoms with van der Waals surface area (Å²) in [5.74, 6) is 0. The van der Waals surface area contributed by atoms with Gasteiger partial charge < -0.3 is 14.7 Å². The van der Waals surface area contributed by atoms with Crippen LogP contribution < -0.4 is 0 Å². The van der Waals surface area contributed by atoms with Crippen LogP contribution in [0, 0.1) is 0 Å². The lowest BCUT2D eigenvalue weighted by molar-refractivity contribution is -0.929. The van der Waals surface area contributed by atoms with Crippen molar-refractivity contribution >= 4 is 0 Å². The van der Waals surface area contributed by atoms with E-state index in [1.165, 1.54) is 51.4 Å². The second-order valence-electron chi connectivity index (χ2n) is 5.80. The van der Waals surface area contributed by atoms with Crippen molar-refractivity contribution < 1.29 is 14.7 Å². The first kappa shape index (κ1) is 18.9. The first-order valence-electron chi connectivity index (χ1n) is 8.31. The largest absolute Gasteiger partial charge is 0.391 e. The lowest BCUT2D eigenvalue weighted by atomic mass is 10.1. The molecule has 19 heavy (non-hydrogen) atoms. The fourth-order valence-corrected chi connectivity index (χ4v) is 2.84. The van der Waals surface area contributed by atoms with Gasteiger partial charge in [-0.15, -0.1) is 0 Å². The van der Waals surface area contributed by atoms with Crippen LogP contribution in [0.1, 0.15) is 65.2 Å². The summed E-state index contributed by atoms with van der Waals surface area (Å²) in [6, 6.07) is 0. The molecule has 116 valence electrons. The topological polar surface area (TPSA) is 40.5 Å². The normalized spacial score (nSPS) is 12.0. The molecule has 2 N–H and O–H groups in total. The number of aliphatic hydroxyl groups excluding tert-OH is 2. The van der Waals surface area contributed by atoms with E-state index in [0.717, 1.165) is 30.7 Å². The van der Waals surface area contributed by atoms with Crippen LogP contribution >= 0.6 is 0 Å². The van der Waals surface area contributed by atoms with Crippen LogP contribution in [0.4, 0.5) is 0 Å². The number of hydrogen-bond donors (Lipinski definition) is 2. The highest BCUT2D eigenvalue weighted by Gasteiger charge is 2.25. The summed E-state index contributed by atoms with van der Waals surface area (Å²) >= 11 is 0. The molecular formula is C16H36NO2+. The Morgan fingerprint density at radius 3 is 1.32 bits per heavy atom. The fourth-order valence-electron chi connectivity index (χ4n) is 2.84. The Labute approximate surface area is 120 Å². The van der Waals surface area contributed by atoms with Crippen molar-refractivity contribution in [1.29, 1.82) is 0 Å². The molecule has 3 nitrogen and oxygen atoms in total. The summed E-state index contributed by atoms with van der Waals surface area (Å²) < 4.78 is 0.917. The fraction of sp³-hybridized carbons (Fsp3) is 1.00. The van der Waals surface area contributed by atoms with Crippen LogP contribution in [0.2, 0.25) is 0 Å². The molecule has 0 fully saturated rings. The zero-order chi connectivity index (χ0) is 14.4. The van der Waals surface area contributed by atoms with E-state index in [1.807, 2.05) is 0 Å². The molecule has 0 unspecified atom stereocenters. The standard InChI is InChI=1S/C16H36NO2/c1-3-5-7-9-11-17(13-15-18,14-16-19)12-10-8-6-4-2/h18-19H,3-16H2,1-2H3/q+1. The minimum atomic E-state index is 0.238. The van der Waals surface area contributed by atoms with Gasteiger partial charge in [-0.1, -0.05) is 39.5 Å². The van der Waals surface area contributed by atoms with Crippen LogP contribution in [0.25, 0.3) is 0 Å². The van der Waals surface area contributed by atoms with Crippen molar-refractivity contribution in [2.45, 2.75) is 65.2 Å². The Kier molecular flexibility index (Phi) is 12.8. The molecule has 0 aliphatic carbocycles. The third-order valence-corrected chi connectivity index (χ3v) is 4.12. The summed E-state index contributed by atoms with van der Waals surface area (Å²) in [6.45, 7) is 8.78. The molecular weight excluding hydrogens is 238 g/mol. The molecule has 0 aromatic carbocycles. The van der Waals surface area contributed by atoms with Crippen molar-refractivity contribution in [3.8, 4) is 0 Å². The maximum absolute atomic E-state index is 9.34. The van der Waals surface area contributed by atoms with E-state index in [0.29, 0.717) is 0 Å². The molecule has 0 bridgehead atoms. The van der Waals surface area contributed by atoms with E-state index in [4.69, 9.17) is 0 Å². The Morgan fingerprint density at radius 1 is 0.579 bits per heavy atom. The van der Waals surface area contributed by atoms with Gasteiger partial charge in [0.1, 0.15) is 13.1 Å². The number of aliphatic hydroxyl groups is 2. The van der Waals surface area contributed by atoms with Gasteiger partial charge in [0.15, 0.2) is 0 Å². The maximum atomic E-state index is 9.34. The molecule has 0 aromatic heterocycles. The SMILES string of the molecule is CCCCCC[N+](CCO)(CCO)CCCCCC. The molecule has 0 heterocycles. The highest BCUT2D eigenvalue weighted by molar-refractivity contribution is 4.50. The van der Waals surface area contributed by atoms with Gasteiger partial charge in [0.25, 0.3) is 0 Å². The van der Waals surface area contributed by atoms with Gasteiger partial charge in [-0.3, -0.25) is 0 Å². The molecule has 0 saturated carbocycles. The smallest absolute Gasteiger partial charge is 0.102 e. The Morgan fingerprint density at radius 2 is 1.00 bits per heavy atom. The average Bonchev–Trinajstić information content (AvgIpc) is 2.41. The number of hydrogen-bond acceptors (Lipinski definition) is 2. The molecule has 0 radical (unpaired) electrons. The molecule has 0 aromatic rings. The Bertz CT molecular complexity index is 166. The number of rotatable bonds is 14. The molecule has 3 heteroatoms. The predicted octanol–water partition coefficient (Wildman–Crippen LogP) is 2.95. The summed E-state index contributed by atoms with van der Waals surface area (Å²) in [4.78, 5) is 0. The van der Waals surface area contributed by atoms with Crippen molar-refractivity contribution in [3.05, 3.63) is 0 Å². The Hall–Kier alpha value is -0.120. The third-order valence-electron chi connectivity index (χ3n) is 4.12. The van der Waals surface area contributed by atoms with Crippen LogP contribution in [-0.4, -0.2) is 54.1 Å². The first-order valence-corrected chi connectivity index (χ1v) is 8.31. The zero-order valence-corrected chi connectivity index (χ0v) is 13.2. The van der Waals surface area contributed by atoms with E-state index >= 15 is 0 Å². The van der Waals surface area contributed by atoms with E-state index in [1.54, 1.807) is 0 Å². The van der Waals surface area contributed by atoms with E-state index < -0.39 is 0 Å². The molecule has 0 aliphatic rings. The number of nitrogens with zero attached hydrogens (tertiary/aromatic N) is 1. The minimum absolute atomic E-state index is 0.238. The molecule has 0 rings (SSSR count). The van der Waals surface area contributed by atoms with Crippen LogP contribution in [0.3, 0.4) is 0 Å². The van der Waals surface area contributed by atoms with Crippen LogP contribution in [-0.2, 0) is 0 Å². The van der Waals surface area contributed by atoms with Crippen molar-refractivity contribution in [3.63, 3.8) is 0 Å². The first-order chi connectivity index (χ1) is 9.24. The molecule has 0 atom stereocenters. The molecule has 0 amide bonds. The van der Waals surface area contributed by atoms with Crippen molar-refractivity contribution in [2.75, 3.05) is 39.4 Å². The number of unbranched alkanes of at least 4 members (excludes halogenated alkanes) is 6. The van der Waals surface area contributed by atoms with Gasteiger partial charge in [0.2, 0.25) is 0 Å².